The predicted molar refractivity (Wildman–Crippen MR) is 105 cm³/mol. The SMILES string of the molecule is O=C(c1n[nH]c2c1C=CC(c1ccc(F)cc1)(c1ccc(F)cc1)C2)N1CCC1. The molecule has 0 unspecified atom stereocenters. The zero-order valence-corrected chi connectivity index (χ0v) is 15.7. The van der Waals surface area contributed by atoms with Gasteiger partial charge in [-0.2, -0.15) is 5.10 Å². The van der Waals surface area contributed by atoms with E-state index in [1.807, 2.05) is 12.2 Å². The molecule has 0 bridgehead atoms. The molecule has 29 heavy (non-hydrogen) atoms. The quantitative estimate of drug-likeness (QED) is 0.731. The van der Waals surface area contributed by atoms with Crippen LogP contribution in [0.15, 0.2) is 54.6 Å². The topological polar surface area (TPSA) is 49.0 Å². The Morgan fingerprint density at radius 2 is 1.55 bits per heavy atom. The third-order valence-electron chi connectivity index (χ3n) is 5.94. The molecule has 1 N–H and O–H groups in total. The third kappa shape index (κ3) is 2.87. The van der Waals surface area contributed by atoms with E-state index in [-0.39, 0.29) is 17.5 Å². The van der Waals surface area contributed by atoms with E-state index in [9.17, 15) is 13.6 Å². The number of hydrogen-bond donors (Lipinski definition) is 1. The Morgan fingerprint density at radius 1 is 0.966 bits per heavy atom. The van der Waals surface area contributed by atoms with Gasteiger partial charge in [0.15, 0.2) is 5.69 Å². The minimum Gasteiger partial charge on any atom is -0.337 e. The molecule has 1 aliphatic heterocycles. The summed E-state index contributed by atoms with van der Waals surface area (Å²) in [6, 6.07) is 12.7. The molecule has 2 aromatic carbocycles. The standard InChI is InChI=1S/C23H19F2N3O/c24-17-6-2-15(3-7-17)23(16-4-8-18(25)9-5-16)11-10-19-20(14-23)26-27-21(19)22(29)28-12-1-13-28/h2-11H,1,12-14H2,(H,26,27). The van der Waals surface area contributed by atoms with Gasteiger partial charge >= 0.3 is 0 Å². The number of H-pyrrole nitrogens is 1. The highest BCUT2D eigenvalue weighted by atomic mass is 19.1. The Hall–Kier alpha value is -3.28. The fourth-order valence-electron chi connectivity index (χ4n) is 4.15. The smallest absolute Gasteiger partial charge is 0.274 e. The van der Waals surface area contributed by atoms with Crippen LogP contribution in [0, 0.1) is 11.6 Å². The zero-order chi connectivity index (χ0) is 20.0. The maximum absolute atomic E-state index is 13.6. The van der Waals surface area contributed by atoms with Gasteiger partial charge in [-0.1, -0.05) is 36.4 Å². The number of carbonyl (C=O) groups excluding carboxylic acids is 1. The molecule has 0 saturated carbocycles. The number of hydrogen-bond acceptors (Lipinski definition) is 2. The number of allylic oxidation sites excluding steroid dienone is 1. The van der Waals surface area contributed by atoms with Gasteiger partial charge in [-0.15, -0.1) is 0 Å². The molecule has 0 radical (unpaired) electrons. The van der Waals surface area contributed by atoms with Crippen LogP contribution >= 0.6 is 0 Å². The number of rotatable bonds is 3. The first kappa shape index (κ1) is 17.8. The Morgan fingerprint density at radius 3 is 2.07 bits per heavy atom. The van der Waals surface area contributed by atoms with E-state index in [0.29, 0.717) is 12.1 Å². The molecule has 146 valence electrons. The molecule has 2 aliphatic rings. The molecule has 1 saturated heterocycles. The number of halogens is 2. The van der Waals surface area contributed by atoms with Crippen molar-refractivity contribution in [3.63, 3.8) is 0 Å². The minimum absolute atomic E-state index is 0.0607. The maximum atomic E-state index is 13.6. The number of benzene rings is 2. The molecule has 0 spiro atoms. The number of aromatic nitrogens is 2. The van der Waals surface area contributed by atoms with E-state index < -0.39 is 5.41 Å². The van der Waals surface area contributed by atoms with Crippen LogP contribution in [0.2, 0.25) is 0 Å². The van der Waals surface area contributed by atoms with Crippen molar-refractivity contribution in [2.75, 3.05) is 13.1 Å². The zero-order valence-electron chi connectivity index (χ0n) is 15.7. The average molecular weight is 391 g/mol. The van der Waals surface area contributed by atoms with E-state index in [1.165, 1.54) is 24.3 Å². The van der Waals surface area contributed by atoms with E-state index in [1.54, 1.807) is 29.2 Å². The minimum atomic E-state index is -0.613. The van der Waals surface area contributed by atoms with Crippen LogP contribution in [0.25, 0.3) is 6.08 Å². The molecular weight excluding hydrogens is 372 g/mol. The molecule has 1 fully saturated rings. The number of nitrogens with one attached hydrogen (secondary N) is 1. The van der Waals surface area contributed by atoms with Crippen LogP contribution in [0.5, 0.6) is 0 Å². The summed E-state index contributed by atoms with van der Waals surface area (Å²) in [7, 11) is 0. The number of aromatic amines is 1. The molecule has 0 atom stereocenters. The van der Waals surface area contributed by atoms with Crippen LogP contribution in [0.4, 0.5) is 8.78 Å². The van der Waals surface area contributed by atoms with Crippen molar-refractivity contribution < 1.29 is 13.6 Å². The largest absolute Gasteiger partial charge is 0.337 e. The van der Waals surface area contributed by atoms with Crippen LogP contribution in [-0.2, 0) is 11.8 Å². The van der Waals surface area contributed by atoms with Crippen LogP contribution < -0.4 is 0 Å². The number of amides is 1. The lowest BCUT2D eigenvalue weighted by molar-refractivity contribution is 0.0645. The third-order valence-corrected chi connectivity index (χ3v) is 5.94. The fraction of sp³-hybridized carbons (Fsp3) is 0.217. The Kier molecular flexibility index (Phi) is 4.08. The van der Waals surface area contributed by atoms with E-state index in [4.69, 9.17) is 0 Å². The molecule has 1 amide bonds. The summed E-state index contributed by atoms with van der Waals surface area (Å²) in [5.74, 6) is -0.686. The predicted octanol–water partition coefficient (Wildman–Crippen LogP) is 4.09. The molecule has 6 heteroatoms. The summed E-state index contributed by atoms with van der Waals surface area (Å²) in [6.07, 6.45) is 5.45. The van der Waals surface area contributed by atoms with Crippen molar-refractivity contribution in [1.82, 2.24) is 15.1 Å². The van der Waals surface area contributed by atoms with Crippen molar-refractivity contribution in [2.45, 2.75) is 18.3 Å². The van der Waals surface area contributed by atoms with E-state index >= 15 is 0 Å². The van der Waals surface area contributed by atoms with Crippen LogP contribution in [-0.4, -0.2) is 34.1 Å². The maximum Gasteiger partial charge on any atom is 0.274 e. The van der Waals surface area contributed by atoms with Gasteiger partial charge in [0.05, 0.1) is 0 Å². The number of carbonyl (C=O) groups is 1. The summed E-state index contributed by atoms with van der Waals surface area (Å²) < 4.78 is 27.1. The van der Waals surface area contributed by atoms with Gasteiger partial charge in [-0.25, -0.2) is 8.78 Å². The first-order chi connectivity index (χ1) is 14.1. The highest BCUT2D eigenvalue weighted by Gasteiger charge is 2.38. The summed E-state index contributed by atoms with van der Waals surface area (Å²) in [5, 5.41) is 7.32. The van der Waals surface area contributed by atoms with E-state index in [0.717, 1.165) is 41.9 Å². The van der Waals surface area contributed by atoms with Crippen molar-refractivity contribution in [3.05, 3.63) is 94.3 Å². The van der Waals surface area contributed by atoms with Gasteiger partial charge in [0.2, 0.25) is 0 Å². The summed E-state index contributed by atoms with van der Waals surface area (Å²) in [6.45, 7) is 1.53. The first-order valence-corrected chi connectivity index (χ1v) is 9.65. The second-order valence-corrected chi connectivity index (χ2v) is 7.61. The van der Waals surface area contributed by atoms with Crippen molar-refractivity contribution in [1.29, 1.82) is 0 Å². The highest BCUT2D eigenvalue weighted by molar-refractivity contribution is 5.97. The Balaban J connectivity index is 1.60. The molecule has 1 aliphatic carbocycles. The van der Waals surface area contributed by atoms with Crippen LogP contribution in [0.1, 0.15) is 39.3 Å². The first-order valence-electron chi connectivity index (χ1n) is 9.65. The molecule has 4 nitrogen and oxygen atoms in total. The molecule has 2 heterocycles. The van der Waals surface area contributed by atoms with Gasteiger partial charge in [0, 0.05) is 36.2 Å². The summed E-state index contributed by atoms with van der Waals surface area (Å²) in [4.78, 5) is 14.4. The Labute approximate surface area is 166 Å². The van der Waals surface area contributed by atoms with Gasteiger partial charge < -0.3 is 4.90 Å². The second kappa shape index (κ2) is 6.65. The Bertz CT molecular complexity index is 1050. The summed E-state index contributed by atoms with van der Waals surface area (Å²) in [5.41, 5.74) is 3.22. The highest BCUT2D eigenvalue weighted by Crippen LogP contribution is 2.42. The van der Waals surface area contributed by atoms with Crippen molar-refractivity contribution in [3.8, 4) is 0 Å². The van der Waals surface area contributed by atoms with Gasteiger partial charge in [0.25, 0.3) is 5.91 Å². The molecule has 3 aromatic rings. The van der Waals surface area contributed by atoms with Crippen molar-refractivity contribution in [2.24, 2.45) is 0 Å². The average Bonchev–Trinajstić information content (AvgIpc) is 3.10. The lowest BCUT2D eigenvalue weighted by atomic mass is 9.68. The monoisotopic (exact) mass is 391 g/mol. The van der Waals surface area contributed by atoms with Gasteiger partial charge in [-0.3, -0.25) is 9.89 Å². The lowest BCUT2D eigenvalue weighted by Crippen LogP contribution is -2.42. The molecular formula is C23H19F2N3O. The second-order valence-electron chi connectivity index (χ2n) is 7.61. The summed E-state index contributed by atoms with van der Waals surface area (Å²) >= 11 is 0. The number of likely N-dealkylation sites (tertiary alicyclic amines) is 1. The number of fused-ring (bicyclic) bond motifs is 1. The normalized spacial score (nSPS) is 17.0. The van der Waals surface area contributed by atoms with Crippen LogP contribution in [0.3, 0.4) is 0 Å². The lowest BCUT2D eigenvalue weighted by Gasteiger charge is -2.35. The molecule has 1 aromatic heterocycles. The molecule has 5 rings (SSSR count). The van der Waals surface area contributed by atoms with Crippen molar-refractivity contribution >= 4 is 12.0 Å². The van der Waals surface area contributed by atoms with Gasteiger partial charge in [0.1, 0.15) is 11.6 Å². The van der Waals surface area contributed by atoms with Gasteiger partial charge in [-0.05, 0) is 41.8 Å². The van der Waals surface area contributed by atoms with E-state index in [2.05, 4.69) is 10.2 Å². The number of nitrogens with zero attached hydrogens (tertiary/aromatic N) is 2. The fourth-order valence-corrected chi connectivity index (χ4v) is 4.15.